The number of likely N-dealkylation sites (N-methyl/N-ethyl adjacent to an activating group) is 1. The lowest BCUT2D eigenvalue weighted by Gasteiger charge is -2.27. The Bertz CT molecular complexity index is 495. The molecule has 0 saturated carbocycles. The summed E-state index contributed by atoms with van der Waals surface area (Å²) in [6.45, 7) is 2.48. The number of ether oxygens (including phenoxy) is 1. The Labute approximate surface area is 120 Å². The van der Waals surface area contributed by atoms with E-state index in [-0.39, 0.29) is 12.0 Å². The molecule has 1 atom stereocenters. The lowest BCUT2D eigenvalue weighted by atomic mass is 10.1. The molecule has 2 aliphatic rings. The lowest BCUT2D eigenvalue weighted by Crippen LogP contribution is -2.37. The van der Waals surface area contributed by atoms with E-state index in [1.165, 1.54) is 12.0 Å². The van der Waals surface area contributed by atoms with Crippen molar-refractivity contribution in [3.63, 3.8) is 0 Å². The maximum atomic E-state index is 12.5. The first-order valence-electron chi connectivity index (χ1n) is 7.48. The Morgan fingerprint density at radius 1 is 1.45 bits per heavy atom. The summed E-state index contributed by atoms with van der Waals surface area (Å²) < 4.78 is 5.70. The van der Waals surface area contributed by atoms with Crippen molar-refractivity contribution in [2.24, 2.45) is 0 Å². The molecular weight excluding hydrogens is 252 g/mol. The molecule has 0 aliphatic carbocycles. The molecule has 1 unspecified atom stereocenters. The van der Waals surface area contributed by atoms with Gasteiger partial charge in [-0.25, -0.2) is 0 Å². The third-order valence-electron chi connectivity index (χ3n) is 4.16. The molecule has 4 heteroatoms. The van der Waals surface area contributed by atoms with E-state index in [9.17, 15) is 4.79 Å². The zero-order chi connectivity index (χ0) is 13.9. The van der Waals surface area contributed by atoms with E-state index in [0.717, 1.165) is 43.7 Å². The summed E-state index contributed by atoms with van der Waals surface area (Å²) in [7, 11) is 1.86. The maximum Gasteiger partial charge on any atom is 0.253 e. The van der Waals surface area contributed by atoms with Crippen LogP contribution in [-0.2, 0) is 11.2 Å². The van der Waals surface area contributed by atoms with Crippen molar-refractivity contribution in [2.45, 2.75) is 31.8 Å². The number of amides is 1. The molecule has 2 heterocycles. The lowest BCUT2D eigenvalue weighted by molar-refractivity contribution is -0.000185. The molecule has 0 radical (unpaired) electrons. The van der Waals surface area contributed by atoms with Gasteiger partial charge in [-0.3, -0.25) is 4.79 Å². The van der Waals surface area contributed by atoms with Crippen molar-refractivity contribution in [3.05, 3.63) is 29.3 Å². The summed E-state index contributed by atoms with van der Waals surface area (Å²) in [6.07, 6.45) is 4.66. The third kappa shape index (κ3) is 2.80. The quantitative estimate of drug-likeness (QED) is 0.919. The minimum Gasteiger partial charge on any atom is -0.384 e. The van der Waals surface area contributed by atoms with E-state index in [1.807, 2.05) is 19.2 Å². The van der Waals surface area contributed by atoms with Gasteiger partial charge in [0.15, 0.2) is 0 Å². The number of nitrogens with zero attached hydrogens (tertiary/aromatic N) is 1. The van der Waals surface area contributed by atoms with Gasteiger partial charge in [0.25, 0.3) is 5.91 Å². The van der Waals surface area contributed by atoms with Crippen LogP contribution in [0.3, 0.4) is 0 Å². The molecule has 20 heavy (non-hydrogen) atoms. The van der Waals surface area contributed by atoms with Gasteiger partial charge in [0.05, 0.1) is 6.10 Å². The van der Waals surface area contributed by atoms with Crippen LogP contribution in [0.4, 0.5) is 5.69 Å². The van der Waals surface area contributed by atoms with Crippen LogP contribution in [0.25, 0.3) is 0 Å². The Morgan fingerprint density at radius 3 is 3.15 bits per heavy atom. The number of carbonyl (C=O) groups excluding carboxylic acids is 1. The van der Waals surface area contributed by atoms with Crippen molar-refractivity contribution in [3.8, 4) is 0 Å². The fourth-order valence-electron chi connectivity index (χ4n) is 2.98. The number of fused-ring (bicyclic) bond motifs is 1. The Kier molecular flexibility index (Phi) is 3.92. The zero-order valence-electron chi connectivity index (χ0n) is 12.0. The second-order valence-electron chi connectivity index (χ2n) is 5.72. The molecule has 3 rings (SSSR count). The summed E-state index contributed by atoms with van der Waals surface area (Å²) in [6, 6.07) is 5.98. The monoisotopic (exact) mass is 274 g/mol. The normalized spacial score (nSPS) is 21.1. The van der Waals surface area contributed by atoms with Crippen molar-refractivity contribution < 1.29 is 9.53 Å². The minimum atomic E-state index is 0.0793. The summed E-state index contributed by atoms with van der Waals surface area (Å²) in [5.74, 6) is 0.0793. The smallest absolute Gasteiger partial charge is 0.253 e. The van der Waals surface area contributed by atoms with Gasteiger partial charge in [0.2, 0.25) is 0 Å². The summed E-state index contributed by atoms with van der Waals surface area (Å²) in [5.41, 5.74) is 3.18. The molecule has 0 spiro atoms. The number of rotatable bonds is 3. The molecule has 1 aromatic rings. The average molecular weight is 274 g/mol. The standard InChI is InChI=1S/C16H22N2O2/c1-18(11-14-4-2-3-9-20-14)16(19)13-6-5-12-7-8-17-15(12)10-13/h5-6,10,14,17H,2-4,7-9,11H2,1H3. The minimum absolute atomic E-state index is 0.0793. The van der Waals surface area contributed by atoms with Gasteiger partial charge in [0, 0.05) is 38.0 Å². The maximum absolute atomic E-state index is 12.5. The van der Waals surface area contributed by atoms with Gasteiger partial charge >= 0.3 is 0 Å². The molecule has 4 nitrogen and oxygen atoms in total. The molecule has 1 aromatic carbocycles. The summed E-state index contributed by atoms with van der Waals surface area (Å²) in [5, 5.41) is 3.32. The number of carbonyl (C=O) groups is 1. The van der Waals surface area contributed by atoms with Crippen LogP contribution in [0, 0.1) is 0 Å². The first kappa shape index (κ1) is 13.4. The molecule has 1 fully saturated rings. The first-order valence-corrected chi connectivity index (χ1v) is 7.48. The van der Waals surface area contributed by atoms with E-state index in [0.29, 0.717) is 6.54 Å². The molecule has 1 amide bonds. The topological polar surface area (TPSA) is 41.6 Å². The number of hydrogen-bond acceptors (Lipinski definition) is 3. The van der Waals surface area contributed by atoms with Crippen LogP contribution in [0.5, 0.6) is 0 Å². The number of benzene rings is 1. The highest BCUT2D eigenvalue weighted by Crippen LogP contribution is 2.24. The number of anilines is 1. The van der Waals surface area contributed by atoms with Gasteiger partial charge in [-0.15, -0.1) is 0 Å². The van der Waals surface area contributed by atoms with E-state index < -0.39 is 0 Å². The van der Waals surface area contributed by atoms with Crippen molar-refractivity contribution in [1.82, 2.24) is 4.90 Å². The van der Waals surface area contributed by atoms with Crippen LogP contribution in [0.1, 0.15) is 35.2 Å². The second kappa shape index (κ2) is 5.83. The Hall–Kier alpha value is -1.55. The SMILES string of the molecule is CN(CC1CCCCO1)C(=O)c1ccc2c(c1)NCC2. The van der Waals surface area contributed by atoms with E-state index in [1.54, 1.807) is 4.90 Å². The molecule has 1 saturated heterocycles. The Balaban J connectivity index is 1.65. The predicted octanol–water partition coefficient (Wildman–Crippen LogP) is 2.30. The van der Waals surface area contributed by atoms with Crippen molar-refractivity contribution >= 4 is 11.6 Å². The fraction of sp³-hybridized carbons (Fsp3) is 0.562. The molecule has 0 aromatic heterocycles. The summed E-state index contributed by atoms with van der Waals surface area (Å²) in [4.78, 5) is 14.2. The van der Waals surface area contributed by atoms with Gasteiger partial charge < -0.3 is 15.0 Å². The molecule has 1 N–H and O–H groups in total. The van der Waals surface area contributed by atoms with Gasteiger partial charge in [-0.1, -0.05) is 6.07 Å². The highest BCUT2D eigenvalue weighted by atomic mass is 16.5. The average Bonchev–Trinajstić information content (AvgIpc) is 2.94. The molecule has 2 aliphatic heterocycles. The highest BCUT2D eigenvalue weighted by molar-refractivity contribution is 5.95. The van der Waals surface area contributed by atoms with E-state index >= 15 is 0 Å². The third-order valence-corrected chi connectivity index (χ3v) is 4.16. The number of nitrogens with one attached hydrogen (secondary N) is 1. The highest BCUT2D eigenvalue weighted by Gasteiger charge is 2.21. The Morgan fingerprint density at radius 2 is 2.35 bits per heavy atom. The van der Waals surface area contributed by atoms with Crippen molar-refractivity contribution in [1.29, 1.82) is 0 Å². The summed E-state index contributed by atoms with van der Waals surface area (Å²) >= 11 is 0. The van der Waals surface area contributed by atoms with Crippen LogP contribution in [-0.4, -0.2) is 43.7 Å². The fourth-order valence-corrected chi connectivity index (χ4v) is 2.98. The predicted molar refractivity (Wildman–Crippen MR) is 79.2 cm³/mol. The van der Waals surface area contributed by atoms with Crippen LogP contribution >= 0.6 is 0 Å². The van der Waals surface area contributed by atoms with Crippen LogP contribution in [0.15, 0.2) is 18.2 Å². The van der Waals surface area contributed by atoms with Gasteiger partial charge in [0.1, 0.15) is 0 Å². The van der Waals surface area contributed by atoms with Gasteiger partial charge in [-0.2, -0.15) is 0 Å². The van der Waals surface area contributed by atoms with Crippen molar-refractivity contribution in [2.75, 3.05) is 32.1 Å². The van der Waals surface area contributed by atoms with Crippen LogP contribution in [0.2, 0.25) is 0 Å². The molecule has 0 bridgehead atoms. The van der Waals surface area contributed by atoms with E-state index in [2.05, 4.69) is 11.4 Å². The first-order chi connectivity index (χ1) is 9.74. The molecule has 108 valence electrons. The van der Waals surface area contributed by atoms with E-state index in [4.69, 9.17) is 4.74 Å². The zero-order valence-corrected chi connectivity index (χ0v) is 12.0. The second-order valence-corrected chi connectivity index (χ2v) is 5.72. The van der Waals surface area contributed by atoms with Crippen LogP contribution < -0.4 is 5.32 Å². The largest absolute Gasteiger partial charge is 0.384 e. The number of hydrogen-bond donors (Lipinski definition) is 1. The molecular formula is C16H22N2O2. The van der Waals surface area contributed by atoms with Gasteiger partial charge in [-0.05, 0) is 43.4 Å².